The molecule has 0 bridgehead atoms. The van der Waals surface area contributed by atoms with Gasteiger partial charge in [0, 0.05) is 13.0 Å². The molecule has 0 saturated carbocycles. The van der Waals surface area contributed by atoms with Crippen LogP contribution in [0.25, 0.3) is 11.0 Å². The first-order valence-electron chi connectivity index (χ1n) is 6.68. The first-order chi connectivity index (χ1) is 9.13. The lowest BCUT2D eigenvalue weighted by Crippen LogP contribution is -2.39. The molecule has 1 heterocycles. The van der Waals surface area contributed by atoms with Crippen molar-refractivity contribution in [3.05, 3.63) is 30.1 Å². The van der Waals surface area contributed by atoms with Crippen molar-refractivity contribution in [2.75, 3.05) is 7.05 Å². The Morgan fingerprint density at radius 2 is 2.16 bits per heavy atom. The fraction of sp³-hybridized carbons (Fsp3) is 0.467. The second-order valence-electron chi connectivity index (χ2n) is 4.97. The van der Waals surface area contributed by atoms with Crippen LogP contribution in [0, 0.1) is 11.3 Å². The van der Waals surface area contributed by atoms with Gasteiger partial charge in [0.05, 0.1) is 17.1 Å². The molecule has 0 saturated heterocycles. The van der Waals surface area contributed by atoms with Crippen LogP contribution in [0.15, 0.2) is 24.3 Å². The summed E-state index contributed by atoms with van der Waals surface area (Å²) in [4.78, 5) is 4.64. The number of benzene rings is 1. The fourth-order valence-corrected chi connectivity index (χ4v) is 2.22. The Kier molecular flexibility index (Phi) is 3.87. The summed E-state index contributed by atoms with van der Waals surface area (Å²) in [6.45, 7) is 4.84. The predicted molar refractivity (Wildman–Crippen MR) is 76.8 cm³/mol. The topological polar surface area (TPSA) is 53.6 Å². The van der Waals surface area contributed by atoms with E-state index in [0.717, 1.165) is 36.2 Å². The lowest BCUT2D eigenvalue weighted by molar-refractivity contribution is 0.421. The summed E-state index contributed by atoms with van der Waals surface area (Å²) in [6, 6.07) is 10.5. The Bertz CT molecular complexity index is 608. The van der Waals surface area contributed by atoms with Crippen molar-refractivity contribution in [2.24, 2.45) is 0 Å². The van der Waals surface area contributed by atoms with Crippen molar-refractivity contribution < 1.29 is 0 Å². The maximum Gasteiger partial charge on any atom is 0.109 e. The van der Waals surface area contributed by atoms with E-state index in [1.807, 2.05) is 32.2 Å². The minimum atomic E-state index is -0.490. The van der Waals surface area contributed by atoms with Gasteiger partial charge in [-0.1, -0.05) is 19.1 Å². The minimum absolute atomic E-state index is 0.490. The quantitative estimate of drug-likeness (QED) is 0.894. The maximum absolute atomic E-state index is 9.22. The third-order valence-corrected chi connectivity index (χ3v) is 3.68. The summed E-state index contributed by atoms with van der Waals surface area (Å²) < 4.78 is 2.22. The number of nitrogens with one attached hydrogen (secondary N) is 1. The lowest BCUT2D eigenvalue weighted by Gasteiger charge is -2.21. The number of para-hydroxylation sites is 2. The van der Waals surface area contributed by atoms with Crippen molar-refractivity contribution in [1.29, 1.82) is 5.26 Å². The molecule has 2 aromatic rings. The molecule has 0 amide bonds. The van der Waals surface area contributed by atoms with Gasteiger partial charge in [0.15, 0.2) is 0 Å². The number of nitriles is 1. The van der Waals surface area contributed by atoms with Crippen LogP contribution in [0.4, 0.5) is 0 Å². The second kappa shape index (κ2) is 5.41. The zero-order valence-corrected chi connectivity index (χ0v) is 11.8. The highest BCUT2D eigenvalue weighted by Crippen LogP contribution is 2.19. The Morgan fingerprint density at radius 1 is 1.42 bits per heavy atom. The van der Waals surface area contributed by atoms with E-state index in [2.05, 4.69) is 33.9 Å². The van der Waals surface area contributed by atoms with Gasteiger partial charge in [-0.05, 0) is 32.5 Å². The molecular formula is C15H20N4. The molecule has 1 N–H and O–H groups in total. The fourth-order valence-electron chi connectivity index (χ4n) is 2.22. The molecular weight excluding hydrogens is 236 g/mol. The molecule has 0 aliphatic rings. The van der Waals surface area contributed by atoms with E-state index in [1.54, 1.807) is 0 Å². The van der Waals surface area contributed by atoms with E-state index < -0.39 is 5.54 Å². The molecule has 1 atom stereocenters. The van der Waals surface area contributed by atoms with E-state index in [-0.39, 0.29) is 0 Å². The first-order valence-corrected chi connectivity index (χ1v) is 6.68. The van der Waals surface area contributed by atoms with Gasteiger partial charge in [0.1, 0.15) is 11.4 Å². The highest BCUT2D eigenvalue weighted by atomic mass is 15.1. The summed E-state index contributed by atoms with van der Waals surface area (Å²) in [5.74, 6) is 1.08. The molecule has 100 valence electrons. The molecule has 4 nitrogen and oxygen atoms in total. The molecule has 0 aliphatic heterocycles. The third-order valence-electron chi connectivity index (χ3n) is 3.68. The van der Waals surface area contributed by atoms with Crippen LogP contribution in [-0.4, -0.2) is 22.1 Å². The van der Waals surface area contributed by atoms with E-state index in [4.69, 9.17) is 0 Å². The van der Waals surface area contributed by atoms with Crippen LogP contribution in [-0.2, 0) is 13.0 Å². The Balaban J connectivity index is 2.32. The summed E-state index contributed by atoms with van der Waals surface area (Å²) in [7, 11) is 1.83. The van der Waals surface area contributed by atoms with E-state index in [0.29, 0.717) is 0 Å². The van der Waals surface area contributed by atoms with Gasteiger partial charge >= 0.3 is 0 Å². The van der Waals surface area contributed by atoms with Crippen molar-refractivity contribution in [3.63, 3.8) is 0 Å². The smallest absolute Gasteiger partial charge is 0.109 e. The number of rotatable bonds is 5. The number of aromatic nitrogens is 2. The summed E-state index contributed by atoms with van der Waals surface area (Å²) >= 11 is 0. The Hall–Kier alpha value is -1.86. The summed E-state index contributed by atoms with van der Waals surface area (Å²) in [6.07, 6.45) is 1.66. The van der Waals surface area contributed by atoms with Gasteiger partial charge in [-0.25, -0.2) is 4.98 Å². The van der Waals surface area contributed by atoms with Gasteiger partial charge in [0.25, 0.3) is 0 Å². The van der Waals surface area contributed by atoms with E-state index >= 15 is 0 Å². The molecule has 1 aromatic heterocycles. The first kappa shape index (κ1) is 13.6. The normalized spacial score (nSPS) is 14.2. The number of imidazole rings is 1. The maximum atomic E-state index is 9.22. The van der Waals surface area contributed by atoms with Crippen LogP contribution in [0.2, 0.25) is 0 Å². The summed E-state index contributed by atoms with van der Waals surface area (Å²) in [5.41, 5.74) is 1.69. The highest BCUT2D eigenvalue weighted by molar-refractivity contribution is 5.75. The van der Waals surface area contributed by atoms with Gasteiger partial charge in [0.2, 0.25) is 0 Å². The Morgan fingerprint density at radius 3 is 2.79 bits per heavy atom. The third kappa shape index (κ3) is 2.61. The van der Waals surface area contributed by atoms with Crippen molar-refractivity contribution in [2.45, 2.75) is 38.8 Å². The standard InChI is InChI=1S/C15H20N4/c1-4-14-18-12-7-5-6-8-13(12)19(14)10-9-15(2,11-16)17-3/h5-8,17H,4,9-10H2,1-3H3. The largest absolute Gasteiger partial charge is 0.328 e. The molecule has 0 aliphatic carbocycles. The van der Waals surface area contributed by atoms with Crippen molar-refractivity contribution in [3.8, 4) is 6.07 Å². The zero-order valence-electron chi connectivity index (χ0n) is 11.8. The van der Waals surface area contributed by atoms with Gasteiger partial charge < -0.3 is 9.88 Å². The van der Waals surface area contributed by atoms with Crippen molar-refractivity contribution >= 4 is 11.0 Å². The van der Waals surface area contributed by atoms with Gasteiger partial charge in [-0.3, -0.25) is 0 Å². The Labute approximate surface area is 114 Å². The van der Waals surface area contributed by atoms with Crippen LogP contribution < -0.4 is 5.32 Å². The van der Waals surface area contributed by atoms with Crippen LogP contribution >= 0.6 is 0 Å². The van der Waals surface area contributed by atoms with Crippen LogP contribution in [0.5, 0.6) is 0 Å². The highest BCUT2D eigenvalue weighted by Gasteiger charge is 2.21. The molecule has 0 fully saturated rings. The monoisotopic (exact) mass is 256 g/mol. The zero-order chi connectivity index (χ0) is 13.9. The van der Waals surface area contributed by atoms with Gasteiger partial charge in [-0.2, -0.15) is 5.26 Å². The van der Waals surface area contributed by atoms with E-state index in [9.17, 15) is 5.26 Å². The molecule has 1 unspecified atom stereocenters. The number of hydrogen-bond donors (Lipinski definition) is 1. The number of fused-ring (bicyclic) bond motifs is 1. The SMILES string of the molecule is CCc1nc2ccccc2n1CCC(C)(C#N)NC. The lowest BCUT2D eigenvalue weighted by atomic mass is 10.0. The minimum Gasteiger partial charge on any atom is -0.328 e. The molecule has 4 heteroatoms. The molecule has 19 heavy (non-hydrogen) atoms. The number of nitrogens with zero attached hydrogens (tertiary/aromatic N) is 3. The van der Waals surface area contributed by atoms with Crippen LogP contribution in [0.1, 0.15) is 26.1 Å². The number of hydrogen-bond acceptors (Lipinski definition) is 3. The van der Waals surface area contributed by atoms with Crippen LogP contribution in [0.3, 0.4) is 0 Å². The second-order valence-corrected chi connectivity index (χ2v) is 4.97. The molecule has 0 spiro atoms. The van der Waals surface area contributed by atoms with E-state index in [1.165, 1.54) is 0 Å². The molecule has 1 aromatic carbocycles. The van der Waals surface area contributed by atoms with Crippen molar-refractivity contribution in [1.82, 2.24) is 14.9 Å². The molecule has 2 rings (SSSR count). The average Bonchev–Trinajstić information content (AvgIpc) is 2.82. The number of aryl methyl sites for hydroxylation is 2. The molecule has 0 radical (unpaired) electrons. The predicted octanol–water partition coefficient (Wildman–Crippen LogP) is 2.49. The summed E-state index contributed by atoms with van der Waals surface area (Å²) in [5, 5.41) is 12.3. The van der Waals surface area contributed by atoms with Gasteiger partial charge in [-0.15, -0.1) is 0 Å². The average molecular weight is 256 g/mol.